The first kappa shape index (κ1) is 13.5. The average molecular weight is 261 g/mol. The highest BCUT2D eigenvalue weighted by atomic mass is 16.5. The lowest BCUT2D eigenvalue weighted by Crippen LogP contribution is -2.08. The highest BCUT2D eigenvalue weighted by molar-refractivity contribution is 5.86. The summed E-state index contributed by atoms with van der Waals surface area (Å²) < 4.78 is 10.5. The molecule has 0 fully saturated rings. The van der Waals surface area contributed by atoms with Gasteiger partial charge in [0.25, 0.3) is 0 Å². The maximum atomic E-state index is 12.2. The fourth-order valence-electron chi connectivity index (χ4n) is 2.17. The van der Waals surface area contributed by atoms with Gasteiger partial charge in [0.15, 0.2) is 5.43 Å². The van der Waals surface area contributed by atoms with Crippen molar-refractivity contribution in [3.8, 4) is 11.5 Å². The molecule has 1 aromatic carbocycles. The van der Waals surface area contributed by atoms with Crippen LogP contribution >= 0.6 is 0 Å². The zero-order valence-electron chi connectivity index (χ0n) is 11.7. The molecule has 2 aromatic rings. The van der Waals surface area contributed by atoms with E-state index in [4.69, 9.17) is 9.47 Å². The average Bonchev–Trinajstić information content (AvgIpc) is 2.37. The van der Waals surface area contributed by atoms with Crippen molar-refractivity contribution < 1.29 is 9.47 Å². The standard InChI is InChI=1S/C15H19NO3/c1-9(2)5-10-6-13(17)12-7-11(18-3)8-14(19-4)15(12)16-10/h6-9H,5H2,1-4H3,(H,16,17). The number of hydrogen-bond acceptors (Lipinski definition) is 3. The molecule has 102 valence electrons. The lowest BCUT2D eigenvalue weighted by atomic mass is 10.1. The third-order valence-corrected chi connectivity index (χ3v) is 3.02. The monoisotopic (exact) mass is 261 g/mol. The van der Waals surface area contributed by atoms with Crippen molar-refractivity contribution in [2.75, 3.05) is 14.2 Å². The van der Waals surface area contributed by atoms with Gasteiger partial charge in [0, 0.05) is 17.8 Å². The van der Waals surface area contributed by atoms with E-state index in [1.54, 1.807) is 32.4 Å². The van der Waals surface area contributed by atoms with E-state index in [-0.39, 0.29) is 5.43 Å². The van der Waals surface area contributed by atoms with Crippen LogP contribution in [-0.4, -0.2) is 19.2 Å². The van der Waals surface area contributed by atoms with E-state index >= 15 is 0 Å². The molecule has 0 atom stereocenters. The summed E-state index contributed by atoms with van der Waals surface area (Å²) in [6, 6.07) is 5.16. The van der Waals surface area contributed by atoms with Crippen LogP contribution in [-0.2, 0) is 6.42 Å². The first-order valence-electron chi connectivity index (χ1n) is 6.33. The molecule has 0 radical (unpaired) electrons. The topological polar surface area (TPSA) is 51.3 Å². The molecule has 4 nitrogen and oxygen atoms in total. The molecule has 0 bridgehead atoms. The number of benzene rings is 1. The number of pyridine rings is 1. The zero-order chi connectivity index (χ0) is 14.0. The van der Waals surface area contributed by atoms with Crippen LogP contribution in [0.5, 0.6) is 11.5 Å². The van der Waals surface area contributed by atoms with E-state index in [1.165, 1.54) is 0 Å². The van der Waals surface area contributed by atoms with Gasteiger partial charge in [0.05, 0.1) is 25.1 Å². The Morgan fingerprint density at radius 3 is 2.47 bits per heavy atom. The van der Waals surface area contributed by atoms with E-state index in [2.05, 4.69) is 18.8 Å². The Balaban J connectivity index is 2.69. The minimum atomic E-state index is -0.0124. The maximum absolute atomic E-state index is 12.2. The van der Waals surface area contributed by atoms with Gasteiger partial charge in [-0.15, -0.1) is 0 Å². The van der Waals surface area contributed by atoms with Crippen molar-refractivity contribution in [1.82, 2.24) is 4.98 Å². The van der Waals surface area contributed by atoms with Gasteiger partial charge in [0.2, 0.25) is 0 Å². The Hall–Kier alpha value is -1.97. The van der Waals surface area contributed by atoms with Gasteiger partial charge in [-0.25, -0.2) is 0 Å². The van der Waals surface area contributed by atoms with Gasteiger partial charge >= 0.3 is 0 Å². The van der Waals surface area contributed by atoms with E-state index in [0.717, 1.165) is 17.6 Å². The molecule has 19 heavy (non-hydrogen) atoms. The van der Waals surface area contributed by atoms with Crippen LogP contribution in [0.1, 0.15) is 19.5 Å². The Morgan fingerprint density at radius 2 is 1.89 bits per heavy atom. The smallest absolute Gasteiger partial charge is 0.189 e. The third-order valence-electron chi connectivity index (χ3n) is 3.02. The molecule has 1 heterocycles. The van der Waals surface area contributed by atoms with Crippen molar-refractivity contribution >= 4 is 10.9 Å². The summed E-state index contributed by atoms with van der Waals surface area (Å²) in [5.41, 5.74) is 1.64. The number of rotatable bonds is 4. The number of aromatic nitrogens is 1. The van der Waals surface area contributed by atoms with Gasteiger partial charge in [-0.1, -0.05) is 13.8 Å². The number of ether oxygens (including phenoxy) is 2. The van der Waals surface area contributed by atoms with Crippen LogP contribution in [0.25, 0.3) is 10.9 Å². The summed E-state index contributed by atoms with van der Waals surface area (Å²) in [7, 11) is 3.16. The number of H-pyrrole nitrogens is 1. The fraction of sp³-hybridized carbons (Fsp3) is 0.400. The second kappa shape index (κ2) is 5.34. The Kier molecular flexibility index (Phi) is 3.79. The zero-order valence-corrected chi connectivity index (χ0v) is 11.7. The summed E-state index contributed by atoms with van der Waals surface area (Å²) in [4.78, 5) is 15.5. The van der Waals surface area contributed by atoms with E-state index in [1.807, 2.05) is 0 Å². The molecule has 0 aliphatic carbocycles. The third kappa shape index (κ3) is 2.72. The Labute approximate surface area is 112 Å². The molecule has 2 rings (SSSR count). The molecule has 0 aliphatic heterocycles. The number of aromatic amines is 1. The van der Waals surface area contributed by atoms with Crippen molar-refractivity contribution in [3.05, 3.63) is 34.1 Å². The molecule has 0 saturated carbocycles. The van der Waals surface area contributed by atoms with Crippen molar-refractivity contribution in [3.63, 3.8) is 0 Å². The van der Waals surface area contributed by atoms with Crippen LogP contribution in [0.15, 0.2) is 23.0 Å². The van der Waals surface area contributed by atoms with Crippen molar-refractivity contribution in [2.45, 2.75) is 20.3 Å². The lowest BCUT2D eigenvalue weighted by Gasteiger charge is -2.11. The summed E-state index contributed by atoms with van der Waals surface area (Å²) in [5.74, 6) is 1.72. The van der Waals surface area contributed by atoms with Crippen molar-refractivity contribution in [2.24, 2.45) is 5.92 Å². The lowest BCUT2D eigenvalue weighted by molar-refractivity contribution is 0.397. The fourth-order valence-corrected chi connectivity index (χ4v) is 2.17. The van der Waals surface area contributed by atoms with E-state index < -0.39 is 0 Å². The summed E-state index contributed by atoms with van der Waals surface area (Å²) in [6.07, 6.45) is 0.834. The SMILES string of the molecule is COc1cc(OC)c2[nH]c(CC(C)C)cc(=O)c2c1. The second-order valence-electron chi connectivity index (χ2n) is 5.01. The first-order chi connectivity index (χ1) is 9.05. The molecular formula is C15H19NO3. The predicted molar refractivity (Wildman–Crippen MR) is 76.2 cm³/mol. The minimum Gasteiger partial charge on any atom is -0.497 e. The minimum absolute atomic E-state index is 0.0124. The second-order valence-corrected chi connectivity index (χ2v) is 5.01. The van der Waals surface area contributed by atoms with Gasteiger partial charge < -0.3 is 14.5 Å². The van der Waals surface area contributed by atoms with Crippen LogP contribution in [0.3, 0.4) is 0 Å². The molecule has 0 spiro atoms. The highest BCUT2D eigenvalue weighted by Crippen LogP contribution is 2.28. The van der Waals surface area contributed by atoms with Crippen LogP contribution in [0.4, 0.5) is 0 Å². The quantitative estimate of drug-likeness (QED) is 0.920. The molecule has 0 unspecified atom stereocenters. The largest absolute Gasteiger partial charge is 0.497 e. The molecular weight excluding hydrogens is 242 g/mol. The summed E-state index contributed by atoms with van der Waals surface area (Å²) in [6.45, 7) is 4.24. The normalized spacial score (nSPS) is 11.0. The van der Waals surface area contributed by atoms with Gasteiger partial charge in [-0.3, -0.25) is 4.79 Å². The number of nitrogens with one attached hydrogen (secondary N) is 1. The van der Waals surface area contributed by atoms with Crippen LogP contribution in [0.2, 0.25) is 0 Å². The maximum Gasteiger partial charge on any atom is 0.189 e. The van der Waals surface area contributed by atoms with E-state index in [9.17, 15) is 4.79 Å². The highest BCUT2D eigenvalue weighted by Gasteiger charge is 2.10. The molecule has 0 saturated heterocycles. The molecule has 0 aliphatic rings. The van der Waals surface area contributed by atoms with Crippen LogP contribution < -0.4 is 14.9 Å². The number of fused-ring (bicyclic) bond motifs is 1. The van der Waals surface area contributed by atoms with Crippen LogP contribution in [0, 0.1) is 5.92 Å². The number of methoxy groups -OCH3 is 2. The summed E-state index contributed by atoms with van der Waals surface area (Å²) in [5, 5.41) is 0.587. The molecule has 4 heteroatoms. The summed E-state index contributed by atoms with van der Waals surface area (Å²) >= 11 is 0. The van der Waals surface area contributed by atoms with E-state index in [0.29, 0.717) is 22.8 Å². The van der Waals surface area contributed by atoms with Crippen molar-refractivity contribution in [1.29, 1.82) is 0 Å². The predicted octanol–water partition coefficient (Wildman–Crippen LogP) is 2.74. The Morgan fingerprint density at radius 1 is 1.16 bits per heavy atom. The Bertz CT molecular complexity index is 644. The van der Waals surface area contributed by atoms with Gasteiger partial charge in [0.1, 0.15) is 11.5 Å². The van der Waals surface area contributed by atoms with Gasteiger partial charge in [-0.2, -0.15) is 0 Å². The number of hydrogen-bond donors (Lipinski definition) is 1. The first-order valence-corrected chi connectivity index (χ1v) is 6.33. The molecule has 1 aromatic heterocycles. The molecule has 1 N–H and O–H groups in total. The van der Waals surface area contributed by atoms with Gasteiger partial charge in [-0.05, 0) is 18.4 Å². The molecule has 0 amide bonds.